The average Bonchev–Trinajstić information content (AvgIpc) is 3.30. The van der Waals surface area contributed by atoms with Gasteiger partial charge in [-0.15, -0.1) is 0 Å². The van der Waals surface area contributed by atoms with E-state index >= 15 is 0 Å². The van der Waals surface area contributed by atoms with Crippen LogP contribution in [-0.2, 0) is 5.54 Å². The maximum atomic E-state index is 13.1. The van der Waals surface area contributed by atoms with E-state index < -0.39 is 0 Å². The molecule has 1 aliphatic rings. The second-order valence-corrected chi connectivity index (χ2v) is 7.95. The zero-order valence-electron chi connectivity index (χ0n) is 15.6. The molecule has 1 saturated carbocycles. The molecule has 5 heteroatoms. The van der Waals surface area contributed by atoms with E-state index in [1.807, 2.05) is 17.7 Å². The Bertz CT molecular complexity index is 769. The van der Waals surface area contributed by atoms with E-state index in [1.165, 1.54) is 12.1 Å². The van der Waals surface area contributed by atoms with Crippen molar-refractivity contribution in [1.29, 1.82) is 0 Å². The Labute approximate surface area is 148 Å². The van der Waals surface area contributed by atoms with Crippen molar-refractivity contribution in [2.45, 2.75) is 58.0 Å². The molecule has 1 heterocycles. The highest BCUT2D eigenvalue weighted by molar-refractivity contribution is 5.92. The summed E-state index contributed by atoms with van der Waals surface area (Å²) in [4.78, 5) is 14.6. The van der Waals surface area contributed by atoms with Crippen molar-refractivity contribution in [3.8, 4) is 0 Å². The van der Waals surface area contributed by atoms with E-state index in [-0.39, 0.29) is 23.3 Å². The van der Waals surface area contributed by atoms with Gasteiger partial charge in [-0.2, -0.15) is 5.10 Å². The number of aromatic nitrogens is 2. The Hall–Kier alpha value is -2.17. The maximum Gasteiger partial charge on any atom is 0.274 e. The van der Waals surface area contributed by atoms with E-state index in [4.69, 9.17) is 0 Å². The fourth-order valence-electron chi connectivity index (χ4n) is 3.03. The van der Waals surface area contributed by atoms with Gasteiger partial charge >= 0.3 is 0 Å². The van der Waals surface area contributed by atoms with Crippen LogP contribution in [0.15, 0.2) is 30.3 Å². The first-order valence-electron chi connectivity index (χ1n) is 8.81. The molecule has 0 radical (unpaired) electrons. The summed E-state index contributed by atoms with van der Waals surface area (Å²) in [5.74, 6) is 0.137. The summed E-state index contributed by atoms with van der Waals surface area (Å²) in [7, 11) is 1.77. The standard InChI is InChI=1S/C20H26FN3O/c1-13(14-8-10-16(21)11-9-14)23(5)19(25)17-12-18(15-6-7-15)24(22-17)20(2,3)4/h8-13,15H,6-7H2,1-5H3. The molecular formula is C20H26FN3O. The molecule has 2 aromatic rings. The molecular weight excluding hydrogens is 317 g/mol. The summed E-state index contributed by atoms with van der Waals surface area (Å²) >= 11 is 0. The van der Waals surface area contributed by atoms with Gasteiger partial charge in [0.15, 0.2) is 5.69 Å². The number of rotatable bonds is 4. The summed E-state index contributed by atoms with van der Waals surface area (Å²) in [6, 6.07) is 8.06. The number of benzene rings is 1. The summed E-state index contributed by atoms with van der Waals surface area (Å²) in [5.41, 5.74) is 2.37. The molecule has 0 saturated heterocycles. The maximum absolute atomic E-state index is 13.1. The molecule has 0 N–H and O–H groups in total. The highest BCUT2D eigenvalue weighted by Crippen LogP contribution is 2.42. The Balaban J connectivity index is 1.86. The molecule has 0 spiro atoms. The molecule has 25 heavy (non-hydrogen) atoms. The first-order valence-corrected chi connectivity index (χ1v) is 8.81. The second kappa shape index (κ2) is 6.28. The van der Waals surface area contributed by atoms with E-state index in [2.05, 4.69) is 25.9 Å². The highest BCUT2D eigenvalue weighted by atomic mass is 19.1. The van der Waals surface area contributed by atoms with Gasteiger partial charge in [0, 0.05) is 18.7 Å². The lowest BCUT2D eigenvalue weighted by Gasteiger charge is -2.25. The average molecular weight is 343 g/mol. The lowest BCUT2D eigenvalue weighted by molar-refractivity contribution is 0.0735. The number of halogens is 1. The number of carbonyl (C=O) groups excluding carboxylic acids is 1. The van der Waals surface area contributed by atoms with Crippen LogP contribution in [0.3, 0.4) is 0 Å². The third kappa shape index (κ3) is 3.60. The molecule has 0 bridgehead atoms. The lowest BCUT2D eigenvalue weighted by atomic mass is 10.1. The van der Waals surface area contributed by atoms with Gasteiger partial charge in [0.25, 0.3) is 5.91 Å². The van der Waals surface area contributed by atoms with Crippen molar-refractivity contribution in [2.24, 2.45) is 0 Å². The Morgan fingerprint density at radius 1 is 1.28 bits per heavy atom. The third-order valence-electron chi connectivity index (χ3n) is 4.84. The molecule has 4 nitrogen and oxygen atoms in total. The van der Waals surface area contributed by atoms with Gasteiger partial charge in [-0.3, -0.25) is 9.48 Å². The Kier molecular flexibility index (Phi) is 4.43. The van der Waals surface area contributed by atoms with Crippen LogP contribution in [0.4, 0.5) is 4.39 Å². The van der Waals surface area contributed by atoms with Gasteiger partial charge in [0.2, 0.25) is 0 Å². The molecule has 3 rings (SSSR count). The topological polar surface area (TPSA) is 38.1 Å². The van der Waals surface area contributed by atoms with Crippen molar-refractivity contribution < 1.29 is 9.18 Å². The van der Waals surface area contributed by atoms with E-state index in [0.717, 1.165) is 24.1 Å². The smallest absolute Gasteiger partial charge is 0.274 e. The van der Waals surface area contributed by atoms with Gasteiger partial charge in [0.05, 0.1) is 11.6 Å². The first-order chi connectivity index (χ1) is 11.7. The van der Waals surface area contributed by atoms with Crippen molar-refractivity contribution in [3.63, 3.8) is 0 Å². The van der Waals surface area contributed by atoms with Gasteiger partial charge in [-0.05, 0) is 64.3 Å². The Morgan fingerprint density at radius 2 is 1.88 bits per heavy atom. The van der Waals surface area contributed by atoms with Crippen LogP contribution in [-0.4, -0.2) is 27.6 Å². The second-order valence-electron chi connectivity index (χ2n) is 7.95. The number of amides is 1. The Morgan fingerprint density at radius 3 is 2.40 bits per heavy atom. The van der Waals surface area contributed by atoms with Crippen LogP contribution in [0.5, 0.6) is 0 Å². The van der Waals surface area contributed by atoms with Crippen LogP contribution < -0.4 is 0 Å². The molecule has 134 valence electrons. The SMILES string of the molecule is CC(c1ccc(F)cc1)N(C)C(=O)c1cc(C2CC2)n(C(C)(C)C)n1. The van der Waals surface area contributed by atoms with Crippen LogP contribution in [0.2, 0.25) is 0 Å². The summed E-state index contributed by atoms with van der Waals surface area (Å²) in [6.07, 6.45) is 2.33. The fraction of sp³-hybridized carbons (Fsp3) is 0.500. The molecule has 1 atom stereocenters. The van der Waals surface area contributed by atoms with Crippen molar-refractivity contribution >= 4 is 5.91 Å². The van der Waals surface area contributed by atoms with Crippen molar-refractivity contribution in [1.82, 2.24) is 14.7 Å². The van der Waals surface area contributed by atoms with Gasteiger partial charge in [-0.1, -0.05) is 12.1 Å². The molecule has 1 fully saturated rings. The van der Waals surface area contributed by atoms with E-state index in [1.54, 1.807) is 24.1 Å². The normalized spacial score (nSPS) is 15.9. The zero-order chi connectivity index (χ0) is 18.4. The third-order valence-corrected chi connectivity index (χ3v) is 4.84. The van der Waals surface area contributed by atoms with Gasteiger partial charge in [0.1, 0.15) is 5.82 Å². The fourth-order valence-corrected chi connectivity index (χ4v) is 3.03. The largest absolute Gasteiger partial charge is 0.334 e. The minimum atomic E-state index is -0.275. The van der Waals surface area contributed by atoms with Gasteiger partial charge < -0.3 is 4.90 Å². The van der Waals surface area contributed by atoms with Gasteiger partial charge in [-0.25, -0.2) is 4.39 Å². The summed E-state index contributed by atoms with van der Waals surface area (Å²) in [6.45, 7) is 8.24. The number of hydrogen-bond donors (Lipinski definition) is 0. The van der Waals surface area contributed by atoms with E-state index in [9.17, 15) is 9.18 Å². The van der Waals surface area contributed by atoms with Crippen LogP contribution >= 0.6 is 0 Å². The number of carbonyl (C=O) groups is 1. The quantitative estimate of drug-likeness (QED) is 0.820. The monoisotopic (exact) mass is 343 g/mol. The molecule has 1 unspecified atom stereocenters. The molecule has 1 aliphatic carbocycles. The summed E-state index contributed by atoms with van der Waals surface area (Å²) in [5, 5.41) is 4.62. The first kappa shape index (κ1) is 17.6. The van der Waals surface area contributed by atoms with E-state index in [0.29, 0.717) is 11.6 Å². The highest BCUT2D eigenvalue weighted by Gasteiger charge is 2.33. The zero-order valence-corrected chi connectivity index (χ0v) is 15.6. The van der Waals surface area contributed by atoms with Crippen LogP contribution in [0, 0.1) is 5.82 Å². The molecule has 1 aromatic heterocycles. The predicted octanol–water partition coefficient (Wildman–Crippen LogP) is 4.49. The summed E-state index contributed by atoms with van der Waals surface area (Å²) < 4.78 is 15.1. The van der Waals surface area contributed by atoms with Crippen molar-refractivity contribution in [3.05, 3.63) is 53.1 Å². The predicted molar refractivity (Wildman–Crippen MR) is 96.1 cm³/mol. The molecule has 0 aliphatic heterocycles. The lowest BCUT2D eigenvalue weighted by Crippen LogP contribution is -2.31. The van der Waals surface area contributed by atoms with Crippen LogP contribution in [0.1, 0.15) is 74.2 Å². The van der Waals surface area contributed by atoms with Crippen LogP contribution in [0.25, 0.3) is 0 Å². The molecule has 1 aromatic carbocycles. The number of hydrogen-bond acceptors (Lipinski definition) is 2. The minimum absolute atomic E-state index is 0.110. The molecule has 1 amide bonds. The van der Waals surface area contributed by atoms with Crippen molar-refractivity contribution in [2.75, 3.05) is 7.05 Å². The minimum Gasteiger partial charge on any atom is -0.334 e. The number of nitrogens with zero attached hydrogens (tertiary/aromatic N) is 3.